The zero-order valence-corrected chi connectivity index (χ0v) is 14.2. The zero-order chi connectivity index (χ0) is 17.2. The van der Waals surface area contributed by atoms with Crippen LogP contribution < -0.4 is 5.32 Å². The molecule has 1 fully saturated rings. The monoisotopic (exact) mass is 335 g/mol. The van der Waals surface area contributed by atoms with Crippen LogP contribution in [0.15, 0.2) is 48.9 Å². The van der Waals surface area contributed by atoms with E-state index in [0.29, 0.717) is 17.4 Å². The SMILES string of the molecule is CN1CCC(n2ccc(NC(=O)c3cncc4ccccc34)n2)CC1. The van der Waals surface area contributed by atoms with E-state index in [0.717, 1.165) is 36.7 Å². The minimum absolute atomic E-state index is 0.182. The topological polar surface area (TPSA) is 63.0 Å². The van der Waals surface area contributed by atoms with Crippen molar-refractivity contribution in [3.8, 4) is 0 Å². The predicted molar refractivity (Wildman–Crippen MR) is 97.7 cm³/mol. The van der Waals surface area contributed by atoms with Gasteiger partial charge in [-0.15, -0.1) is 0 Å². The molecule has 25 heavy (non-hydrogen) atoms. The number of rotatable bonds is 3. The van der Waals surface area contributed by atoms with Gasteiger partial charge in [0.2, 0.25) is 0 Å². The molecule has 0 atom stereocenters. The van der Waals surface area contributed by atoms with Crippen LogP contribution in [0.5, 0.6) is 0 Å². The van der Waals surface area contributed by atoms with Crippen LogP contribution in [0.25, 0.3) is 10.8 Å². The minimum atomic E-state index is -0.182. The molecular formula is C19H21N5O. The summed E-state index contributed by atoms with van der Waals surface area (Å²) in [6, 6.07) is 10.0. The maximum Gasteiger partial charge on any atom is 0.259 e. The molecule has 1 amide bonds. The van der Waals surface area contributed by atoms with Crippen molar-refractivity contribution in [2.75, 3.05) is 25.5 Å². The molecule has 128 valence electrons. The number of fused-ring (bicyclic) bond motifs is 1. The van der Waals surface area contributed by atoms with Gasteiger partial charge in [0.15, 0.2) is 5.82 Å². The Bertz CT molecular complexity index is 890. The fourth-order valence-corrected chi connectivity index (χ4v) is 3.35. The summed E-state index contributed by atoms with van der Waals surface area (Å²) in [6.07, 6.45) is 7.48. The first-order valence-electron chi connectivity index (χ1n) is 8.58. The van der Waals surface area contributed by atoms with Crippen LogP contribution in [0.3, 0.4) is 0 Å². The Morgan fingerprint density at radius 2 is 1.96 bits per heavy atom. The first-order chi connectivity index (χ1) is 12.2. The lowest BCUT2D eigenvalue weighted by Crippen LogP contribution is -2.31. The summed E-state index contributed by atoms with van der Waals surface area (Å²) in [4.78, 5) is 19.1. The zero-order valence-electron chi connectivity index (χ0n) is 14.2. The number of benzene rings is 1. The van der Waals surface area contributed by atoms with Gasteiger partial charge in [0.1, 0.15) is 0 Å². The van der Waals surface area contributed by atoms with E-state index in [-0.39, 0.29) is 5.91 Å². The van der Waals surface area contributed by atoms with Gasteiger partial charge in [-0.05, 0) is 38.4 Å². The van der Waals surface area contributed by atoms with E-state index in [4.69, 9.17) is 0 Å². The van der Waals surface area contributed by atoms with E-state index < -0.39 is 0 Å². The first kappa shape index (κ1) is 15.8. The molecule has 1 aliphatic heterocycles. The fourth-order valence-electron chi connectivity index (χ4n) is 3.35. The summed E-state index contributed by atoms with van der Waals surface area (Å²) in [7, 11) is 2.14. The van der Waals surface area contributed by atoms with Crippen LogP contribution in [0.1, 0.15) is 29.2 Å². The number of nitrogens with zero attached hydrogens (tertiary/aromatic N) is 4. The molecule has 0 unspecified atom stereocenters. The second kappa shape index (κ2) is 6.64. The predicted octanol–water partition coefficient (Wildman–Crippen LogP) is 2.95. The lowest BCUT2D eigenvalue weighted by molar-refractivity contribution is 0.102. The van der Waals surface area contributed by atoms with Crippen LogP contribution in [-0.4, -0.2) is 45.7 Å². The van der Waals surface area contributed by atoms with Gasteiger partial charge >= 0.3 is 0 Å². The Kier molecular flexibility index (Phi) is 4.19. The maximum atomic E-state index is 12.6. The molecule has 1 saturated heterocycles. The highest BCUT2D eigenvalue weighted by Gasteiger charge is 2.19. The van der Waals surface area contributed by atoms with E-state index in [1.54, 1.807) is 12.4 Å². The number of amides is 1. The van der Waals surface area contributed by atoms with Crippen molar-refractivity contribution >= 4 is 22.5 Å². The van der Waals surface area contributed by atoms with Gasteiger partial charge in [-0.3, -0.25) is 14.5 Å². The molecule has 6 heteroatoms. The number of anilines is 1. The van der Waals surface area contributed by atoms with E-state index >= 15 is 0 Å². The lowest BCUT2D eigenvalue weighted by Gasteiger charge is -2.28. The Balaban J connectivity index is 1.51. The van der Waals surface area contributed by atoms with Crippen molar-refractivity contribution in [3.05, 3.63) is 54.5 Å². The molecule has 0 spiro atoms. The first-order valence-corrected chi connectivity index (χ1v) is 8.58. The molecule has 0 saturated carbocycles. The third-order valence-corrected chi connectivity index (χ3v) is 4.82. The summed E-state index contributed by atoms with van der Waals surface area (Å²) in [5.74, 6) is 0.398. The average molecular weight is 335 g/mol. The minimum Gasteiger partial charge on any atom is -0.306 e. The van der Waals surface area contributed by atoms with Gasteiger partial charge in [-0.1, -0.05) is 24.3 Å². The smallest absolute Gasteiger partial charge is 0.259 e. The third kappa shape index (κ3) is 3.25. The third-order valence-electron chi connectivity index (χ3n) is 4.82. The quantitative estimate of drug-likeness (QED) is 0.799. The Labute approximate surface area is 146 Å². The number of piperidine rings is 1. The Morgan fingerprint density at radius 1 is 1.16 bits per heavy atom. The molecular weight excluding hydrogens is 314 g/mol. The molecule has 0 radical (unpaired) electrons. The van der Waals surface area contributed by atoms with Crippen LogP contribution in [0.2, 0.25) is 0 Å². The molecule has 4 rings (SSSR count). The number of hydrogen-bond donors (Lipinski definition) is 1. The van der Waals surface area contributed by atoms with Crippen LogP contribution in [0, 0.1) is 0 Å². The standard InChI is InChI=1S/C19H21N5O/c1-23-9-6-15(7-10-23)24-11-8-18(22-24)21-19(25)17-13-20-12-14-4-2-3-5-16(14)17/h2-5,8,11-13,15H,6-7,9-10H2,1H3,(H,21,22,25). The van der Waals surface area contributed by atoms with Crippen LogP contribution in [0.4, 0.5) is 5.82 Å². The normalized spacial score (nSPS) is 16.2. The molecule has 1 N–H and O–H groups in total. The summed E-state index contributed by atoms with van der Waals surface area (Å²) >= 11 is 0. The highest BCUT2D eigenvalue weighted by molar-refractivity contribution is 6.12. The lowest BCUT2D eigenvalue weighted by atomic mass is 10.1. The molecule has 3 aromatic rings. The number of carbonyl (C=O) groups excluding carboxylic acids is 1. The highest BCUT2D eigenvalue weighted by Crippen LogP contribution is 2.22. The van der Waals surface area contributed by atoms with Crippen LogP contribution >= 0.6 is 0 Å². The molecule has 0 aliphatic carbocycles. The second-order valence-corrected chi connectivity index (χ2v) is 6.58. The number of carbonyl (C=O) groups is 1. The van der Waals surface area contributed by atoms with E-state index in [2.05, 4.69) is 27.3 Å². The largest absolute Gasteiger partial charge is 0.306 e. The summed E-state index contributed by atoms with van der Waals surface area (Å²) in [6.45, 7) is 2.15. The van der Waals surface area contributed by atoms with Crippen molar-refractivity contribution < 1.29 is 4.79 Å². The van der Waals surface area contributed by atoms with Gasteiger partial charge in [0, 0.05) is 30.0 Å². The van der Waals surface area contributed by atoms with Gasteiger partial charge in [-0.25, -0.2) is 0 Å². The molecule has 1 aromatic carbocycles. The van der Waals surface area contributed by atoms with Crippen molar-refractivity contribution in [1.82, 2.24) is 19.7 Å². The van der Waals surface area contributed by atoms with E-state index in [1.165, 1.54) is 0 Å². The Morgan fingerprint density at radius 3 is 2.80 bits per heavy atom. The molecule has 6 nitrogen and oxygen atoms in total. The van der Waals surface area contributed by atoms with Crippen LogP contribution in [-0.2, 0) is 0 Å². The van der Waals surface area contributed by atoms with Crippen molar-refractivity contribution in [2.24, 2.45) is 0 Å². The highest BCUT2D eigenvalue weighted by atomic mass is 16.1. The van der Waals surface area contributed by atoms with Gasteiger partial charge in [0.05, 0.1) is 11.6 Å². The number of likely N-dealkylation sites (tertiary alicyclic amines) is 1. The fraction of sp³-hybridized carbons (Fsp3) is 0.316. The van der Waals surface area contributed by atoms with E-state index in [9.17, 15) is 4.79 Å². The number of nitrogens with one attached hydrogen (secondary N) is 1. The molecule has 1 aliphatic rings. The van der Waals surface area contributed by atoms with Gasteiger partial charge in [-0.2, -0.15) is 5.10 Å². The van der Waals surface area contributed by atoms with Gasteiger partial charge in [0.25, 0.3) is 5.91 Å². The second-order valence-electron chi connectivity index (χ2n) is 6.58. The molecule has 3 heterocycles. The maximum absolute atomic E-state index is 12.6. The Hall–Kier alpha value is -2.73. The molecule has 0 bridgehead atoms. The van der Waals surface area contributed by atoms with Crippen molar-refractivity contribution in [2.45, 2.75) is 18.9 Å². The summed E-state index contributed by atoms with van der Waals surface area (Å²) in [5, 5.41) is 9.29. The summed E-state index contributed by atoms with van der Waals surface area (Å²) in [5.41, 5.74) is 0.562. The van der Waals surface area contributed by atoms with Crippen molar-refractivity contribution in [1.29, 1.82) is 0 Å². The van der Waals surface area contributed by atoms with Gasteiger partial charge < -0.3 is 10.2 Å². The average Bonchev–Trinajstić information content (AvgIpc) is 3.10. The summed E-state index contributed by atoms with van der Waals surface area (Å²) < 4.78 is 1.98. The number of pyridine rings is 1. The molecule has 2 aromatic heterocycles. The number of aromatic nitrogens is 3. The number of hydrogen-bond acceptors (Lipinski definition) is 4. The van der Waals surface area contributed by atoms with E-state index in [1.807, 2.05) is 41.2 Å². The van der Waals surface area contributed by atoms with Crippen molar-refractivity contribution in [3.63, 3.8) is 0 Å².